The van der Waals surface area contributed by atoms with Crippen molar-refractivity contribution in [3.05, 3.63) is 64.1 Å². The number of para-hydroxylation sites is 1. The Bertz CT molecular complexity index is 1060. The molecule has 6 nitrogen and oxygen atoms in total. The summed E-state index contributed by atoms with van der Waals surface area (Å²) in [4.78, 5) is 19.8. The van der Waals surface area contributed by atoms with Crippen molar-refractivity contribution in [2.45, 2.75) is 25.4 Å². The Labute approximate surface area is 197 Å². The van der Waals surface area contributed by atoms with E-state index >= 15 is 0 Å². The predicted molar refractivity (Wildman–Crippen MR) is 128 cm³/mol. The van der Waals surface area contributed by atoms with E-state index in [2.05, 4.69) is 27.3 Å². The Hall–Kier alpha value is -2.61. The van der Waals surface area contributed by atoms with Gasteiger partial charge in [-0.1, -0.05) is 29.8 Å². The molecule has 1 amide bonds. The zero-order valence-corrected chi connectivity index (χ0v) is 19.7. The van der Waals surface area contributed by atoms with Crippen molar-refractivity contribution in [1.82, 2.24) is 15.2 Å². The lowest BCUT2D eigenvalue weighted by molar-refractivity contribution is 0.0904. The highest BCUT2D eigenvalue weighted by molar-refractivity contribution is 7.13. The summed E-state index contributed by atoms with van der Waals surface area (Å²) < 4.78 is 10.9. The summed E-state index contributed by atoms with van der Waals surface area (Å²) in [5, 5.41) is 6.42. The molecule has 8 heteroatoms. The number of piperidine rings is 1. The lowest BCUT2D eigenvalue weighted by atomic mass is 10.0. The number of nitrogens with one attached hydrogen (secondary N) is 1. The largest absolute Gasteiger partial charge is 0.493 e. The number of hydrogen-bond donors (Lipinski definition) is 1. The van der Waals surface area contributed by atoms with Crippen molar-refractivity contribution in [3.8, 4) is 22.1 Å². The topological polar surface area (TPSA) is 63.7 Å². The highest BCUT2D eigenvalue weighted by atomic mass is 35.5. The average Bonchev–Trinajstić information content (AvgIpc) is 3.31. The Morgan fingerprint density at radius 1 is 1.16 bits per heavy atom. The number of amides is 1. The van der Waals surface area contributed by atoms with Crippen LogP contribution in [0.4, 0.5) is 0 Å². The Balaban J connectivity index is 1.34. The minimum Gasteiger partial charge on any atom is -0.493 e. The number of aromatic nitrogens is 1. The Morgan fingerprint density at radius 3 is 2.59 bits per heavy atom. The molecule has 0 radical (unpaired) electrons. The first kappa shape index (κ1) is 22.6. The number of likely N-dealkylation sites (tertiary alicyclic amines) is 1. The van der Waals surface area contributed by atoms with Gasteiger partial charge in [-0.05, 0) is 42.7 Å². The van der Waals surface area contributed by atoms with E-state index in [4.69, 9.17) is 21.1 Å². The summed E-state index contributed by atoms with van der Waals surface area (Å²) in [7, 11) is 3.20. The Kier molecular flexibility index (Phi) is 7.29. The molecule has 0 atom stereocenters. The maximum absolute atomic E-state index is 12.8. The van der Waals surface area contributed by atoms with E-state index < -0.39 is 0 Å². The number of nitrogens with zero attached hydrogens (tertiary/aromatic N) is 2. The summed E-state index contributed by atoms with van der Waals surface area (Å²) >= 11 is 7.39. The summed E-state index contributed by atoms with van der Waals surface area (Å²) in [6, 6.07) is 13.8. The highest BCUT2D eigenvalue weighted by Crippen LogP contribution is 2.39. The van der Waals surface area contributed by atoms with E-state index in [1.165, 1.54) is 16.9 Å². The zero-order valence-electron chi connectivity index (χ0n) is 18.1. The fourth-order valence-corrected chi connectivity index (χ4v) is 4.85. The van der Waals surface area contributed by atoms with Crippen LogP contribution in [-0.2, 0) is 6.54 Å². The minimum atomic E-state index is -0.134. The maximum Gasteiger partial charge on any atom is 0.270 e. The molecule has 1 saturated heterocycles. The van der Waals surface area contributed by atoms with Crippen LogP contribution in [0.1, 0.15) is 28.9 Å². The quantitative estimate of drug-likeness (QED) is 0.532. The third-order valence-electron chi connectivity index (χ3n) is 5.61. The van der Waals surface area contributed by atoms with Crippen molar-refractivity contribution in [3.63, 3.8) is 0 Å². The molecule has 2 heterocycles. The van der Waals surface area contributed by atoms with Crippen LogP contribution in [-0.4, -0.2) is 49.1 Å². The first-order valence-corrected chi connectivity index (χ1v) is 11.8. The van der Waals surface area contributed by atoms with Gasteiger partial charge in [-0.2, -0.15) is 0 Å². The Morgan fingerprint density at radius 2 is 1.91 bits per heavy atom. The van der Waals surface area contributed by atoms with Crippen LogP contribution in [0.5, 0.6) is 11.5 Å². The van der Waals surface area contributed by atoms with Crippen LogP contribution in [0, 0.1) is 0 Å². The lowest BCUT2D eigenvalue weighted by Crippen LogP contribution is -2.44. The lowest BCUT2D eigenvalue weighted by Gasteiger charge is -2.32. The molecular formula is C24H26ClN3O3S. The van der Waals surface area contributed by atoms with Gasteiger partial charge in [-0.25, -0.2) is 4.98 Å². The van der Waals surface area contributed by atoms with E-state index in [0.29, 0.717) is 17.2 Å². The predicted octanol–water partition coefficient (Wildman–Crippen LogP) is 4.88. The van der Waals surface area contributed by atoms with Crippen LogP contribution >= 0.6 is 22.9 Å². The summed E-state index contributed by atoms with van der Waals surface area (Å²) in [5.74, 6) is 1.12. The van der Waals surface area contributed by atoms with E-state index in [1.54, 1.807) is 19.6 Å². The molecule has 1 aliphatic heterocycles. The van der Waals surface area contributed by atoms with Gasteiger partial charge in [0.1, 0.15) is 10.7 Å². The molecule has 1 aliphatic rings. The van der Waals surface area contributed by atoms with Crippen LogP contribution in [0.3, 0.4) is 0 Å². The summed E-state index contributed by atoms with van der Waals surface area (Å²) in [5.41, 5.74) is 2.49. The number of carbonyl (C=O) groups excluding carboxylic acids is 1. The molecule has 1 N–H and O–H groups in total. The molecule has 0 spiro atoms. The minimum absolute atomic E-state index is 0.134. The van der Waals surface area contributed by atoms with E-state index in [0.717, 1.165) is 48.1 Å². The fraction of sp³-hybridized carbons (Fsp3) is 0.333. The van der Waals surface area contributed by atoms with Gasteiger partial charge in [-0.15, -0.1) is 11.3 Å². The average molecular weight is 472 g/mol. The molecule has 0 saturated carbocycles. The van der Waals surface area contributed by atoms with Gasteiger partial charge in [0.15, 0.2) is 11.5 Å². The molecule has 168 valence electrons. The third-order valence-corrected chi connectivity index (χ3v) is 6.74. The number of ether oxygens (including phenoxy) is 2. The van der Waals surface area contributed by atoms with Crippen molar-refractivity contribution in [2.24, 2.45) is 0 Å². The molecule has 3 aromatic rings. The van der Waals surface area contributed by atoms with Crippen LogP contribution in [0.25, 0.3) is 10.6 Å². The van der Waals surface area contributed by atoms with Crippen LogP contribution < -0.4 is 14.8 Å². The standard InChI is InChI=1S/C24H26ClN3O3S/c1-30-21-5-3-4-19(22(21)31-2)24-27-20(15-32-24)23(29)26-18-10-12-28(13-11-18)14-16-6-8-17(25)9-7-16/h3-9,15,18H,10-14H2,1-2H3,(H,26,29). The number of halogens is 1. The SMILES string of the molecule is COc1cccc(-c2nc(C(=O)NC3CCN(Cc4ccc(Cl)cc4)CC3)cs2)c1OC. The van der Waals surface area contributed by atoms with Crippen LogP contribution in [0.2, 0.25) is 5.02 Å². The van der Waals surface area contributed by atoms with Gasteiger partial charge < -0.3 is 14.8 Å². The van der Waals surface area contributed by atoms with E-state index in [-0.39, 0.29) is 11.9 Å². The number of methoxy groups -OCH3 is 2. The van der Waals surface area contributed by atoms with Gasteiger partial charge in [0.05, 0.1) is 19.8 Å². The first-order chi connectivity index (χ1) is 15.6. The number of rotatable bonds is 7. The molecule has 2 aromatic carbocycles. The molecule has 4 rings (SSSR count). The van der Waals surface area contributed by atoms with Gasteiger partial charge in [0, 0.05) is 36.1 Å². The van der Waals surface area contributed by atoms with Gasteiger partial charge in [0.2, 0.25) is 0 Å². The summed E-state index contributed by atoms with van der Waals surface area (Å²) in [6.45, 7) is 2.78. The van der Waals surface area contributed by atoms with Crippen molar-refractivity contribution < 1.29 is 14.3 Å². The molecule has 0 aliphatic carbocycles. The van der Waals surface area contributed by atoms with Crippen molar-refractivity contribution >= 4 is 28.8 Å². The number of benzene rings is 2. The smallest absolute Gasteiger partial charge is 0.270 e. The second-order valence-electron chi connectivity index (χ2n) is 7.73. The molecule has 1 aromatic heterocycles. The first-order valence-electron chi connectivity index (χ1n) is 10.5. The van der Waals surface area contributed by atoms with Crippen molar-refractivity contribution in [1.29, 1.82) is 0 Å². The van der Waals surface area contributed by atoms with Gasteiger partial charge >= 0.3 is 0 Å². The van der Waals surface area contributed by atoms with Crippen molar-refractivity contribution in [2.75, 3.05) is 27.3 Å². The highest BCUT2D eigenvalue weighted by Gasteiger charge is 2.23. The molecule has 0 bridgehead atoms. The van der Waals surface area contributed by atoms with E-state index in [1.807, 2.05) is 30.3 Å². The molecular weight excluding hydrogens is 446 g/mol. The van der Waals surface area contributed by atoms with E-state index in [9.17, 15) is 4.79 Å². The van der Waals surface area contributed by atoms with Gasteiger partial charge in [-0.3, -0.25) is 9.69 Å². The number of carbonyl (C=O) groups is 1. The molecule has 32 heavy (non-hydrogen) atoms. The second-order valence-corrected chi connectivity index (χ2v) is 9.02. The second kappa shape index (κ2) is 10.3. The summed E-state index contributed by atoms with van der Waals surface area (Å²) in [6.07, 6.45) is 1.83. The fourth-order valence-electron chi connectivity index (χ4n) is 3.90. The number of thiazole rings is 1. The maximum atomic E-state index is 12.8. The third kappa shape index (κ3) is 5.23. The normalized spacial score (nSPS) is 14.8. The number of hydrogen-bond acceptors (Lipinski definition) is 6. The van der Waals surface area contributed by atoms with Crippen LogP contribution in [0.15, 0.2) is 47.8 Å². The van der Waals surface area contributed by atoms with Gasteiger partial charge in [0.25, 0.3) is 5.91 Å². The molecule has 0 unspecified atom stereocenters. The molecule has 1 fully saturated rings. The zero-order chi connectivity index (χ0) is 22.5. The monoisotopic (exact) mass is 471 g/mol.